The van der Waals surface area contributed by atoms with Crippen LogP contribution in [0, 0.1) is 5.92 Å². The number of halogens is 1. The highest BCUT2D eigenvalue weighted by molar-refractivity contribution is 6.30. The van der Waals surface area contributed by atoms with Crippen molar-refractivity contribution in [3.63, 3.8) is 0 Å². The van der Waals surface area contributed by atoms with Crippen LogP contribution in [0.2, 0.25) is 5.02 Å². The van der Waals surface area contributed by atoms with E-state index in [9.17, 15) is 0 Å². The molecule has 2 aliphatic rings. The van der Waals surface area contributed by atoms with Crippen molar-refractivity contribution < 1.29 is 4.74 Å². The van der Waals surface area contributed by atoms with Gasteiger partial charge in [-0.05, 0) is 56.0 Å². The summed E-state index contributed by atoms with van der Waals surface area (Å²) >= 11 is 5.88. The van der Waals surface area contributed by atoms with Gasteiger partial charge in [0.25, 0.3) is 0 Å². The molecule has 1 heterocycles. The molecule has 1 N–H and O–H groups in total. The van der Waals surface area contributed by atoms with Gasteiger partial charge in [0.15, 0.2) is 5.96 Å². The van der Waals surface area contributed by atoms with E-state index in [1.165, 1.54) is 32.4 Å². The second-order valence-electron chi connectivity index (χ2n) is 7.03. The summed E-state index contributed by atoms with van der Waals surface area (Å²) in [6.07, 6.45) is 4.10. The molecule has 2 fully saturated rings. The quantitative estimate of drug-likeness (QED) is 0.596. The maximum Gasteiger partial charge on any atom is 0.193 e. The highest BCUT2D eigenvalue weighted by atomic mass is 35.5. The number of nitrogens with one attached hydrogen (secondary N) is 1. The third-order valence-corrected chi connectivity index (χ3v) is 5.26. The second kappa shape index (κ2) is 8.77. The number of nitrogens with zero attached hydrogens (tertiary/aromatic N) is 3. The maximum atomic E-state index is 5.88. The molecule has 1 aromatic carbocycles. The second-order valence-corrected chi connectivity index (χ2v) is 7.47. The molecular weight excluding hydrogens is 336 g/mol. The average molecular weight is 365 g/mol. The van der Waals surface area contributed by atoms with Crippen molar-refractivity contribution >= 4 is 17.6 Å². The molecule has 0 bridgehead atoms. The molecule has 1 atom stereocenters. The third kappa shape index (κ3) is 5.51. The van der Waals surface area contributed by atoms with Crippen molar-refractivity contribution in [1.82, 2.24) is 15.1 Å². The topological polar surface area (TPSA) is 40.1 Å². The van der Waals surface area contributed by atoms with Crippen LogP contribution >= 0.6 is 11.6 Å². The van der Waals surface area contributed by atoms with Crippen molar-refractivity contribution in [2.75, 3.05) is 46.9 Å². The van der Waals surface area contributed by atoms with Gasteiger partial charge in [-0.15, -0.1) is 0 Å². The van der Waals surface area contributed by atoms with Crippen molar-refractivity contribution in [3.8, 4) is 5.75 Å². The minimum atomic E-state index is 0.609. The molecule has 6 heteroatoms. The van der Waals surface area contributed by atoms with Crippen LogP contribution in [0.1, 0.15) is 19.3 Å². The van der Waals surface area contributed by atoms with Crippen LogP contribution in [0.5, 0.6) is 5.75 Å². The van der Waals surface area contributed by atoms with E-state index in [-0.39, 0.29) is 0 Å². The van der Waals surface area contributed by atoms with E-state index in [0.717, 1.165) is 41.8 Å². The zero-order valence-corrected chi connectivity index (χ0v) is 16.0. The molecule has 0 radical (unpaired) electrons. The van der Waals surface area contributed by atoms with Gasteiger partial charge < -0.3 is 19.9 Å². The van der Waals surface area contributed by atoms with Crippen LogP contribution in [-0.2, 0) is 0 Å². The normalized spacial score (nSPS) is 21.4. The Kier molecular flexibility index (Phi) is 6.43. The highest BCUT2D eigenvalue weighted by Crippen LogP contribution is 2.31. The zero-order valence-electron chi connectivity index (χ0n) is 15.2. The van der Waals surface area contributed by atoms with E-state index in [4.69, 9.17) is 16.3 Å². The highest BCUT2D eigenvalue weighted by Gasteiger charge is 2.34. The lowest BCUT2D eigenvalue weighted by Gasteiger charge is -2.23. The van der Waals surface area contributed by atoms with Crippen LogP contribution in [0.15, 0.2) is 29.3 Å². The van der Waals surface area contributed by atoms with Gasteiger partial charge in [-0.3, -0.25) is 4.99 Å². The van der Waals surface area contributed by atoms with Gasteiger partial charge >= 0.3 is 0 Å². The molecule has 138 valence electrons. The standard InChI is InChI=1S/C19H29ClN4O/c1-21-19(22-13-15-9-10-24(14-15)17-5-6-17)23(2)11-12-25-18-7-3-16(20)4-8-18/h3-4,7-8,15,17H,5-6,9-14H2,1-2H3,(H,21,22). The Morgan fingerprint density at radius 1 is 1.32 bits per heavy atom. The SMILES string of the molecule is CN=C(NCC1CCN(C2CC2)C1)N(C)CCOc1ccc(Cl)cc1. The first-order valence-corrected chi connectivity index (χ1v) is 9.57. The van der Waals surface area contributed by atoms with E-state index in [0.29, 0.717) is 6.61 Å². The number of benzene rings is 1. The van der Waals surface area contributed by atoms with E-state index in [2.05, 4.69) is 20.1 Å². The Hall–Kier alpha value is -1.46. The Morgan fingerprint density at radius 2 is 2.08 bits per heavy atom. The van der Waals surface area contributed by atoms with E-state index < -0.39 is 0 Å². The smallest absolute Gasteiger partial charge is 0.193 e. The molecule has 1 aromatic rings. The Bertz CT molecular complexity index is 573. The fourth-order valence-electron chi connectivity index (χ4n) is 3.36. The first-order chi connectivity index (χ1) is 12.2. The number of likely N-dealkylation sites (N-methyl/N-ethyl adjacent to an activating group) is 1. The summed E-state index contributed by atoms with van der Waals surface area (Å²) in [6.45, 7) is 4.88. The molecule has 0 spiro atoms. The lowest BCUT2D eigenvalue weighted by molar-refractivity contribution is 0.280. The van der Waals surface area contributed by atoms with Crippen molar-refractivity contribution in [2.45, 2.75) is 25.3 Å². The minimum absolute atomic E-state index is 0.609. The number of rotatable bonds is 7. The lowest BCUT2D eigenvalue weighted by atomic mass is 10.1. The first-order valence-electron chi connectivity index (χ1n) is 9.20. The van der Waals surface area contributed by atoms with E-state index in [1.54, 1.807) is 0 Å². The summed E-state index contributed by atoms with van der Waals surface area (Å²) in [5, 5.41) is 4.25. The summed E-state index contributed by atoms with van der Waals surface area (Å²) in [5.74, 6) is 2.51. The molecule has 1 saturated heterocycles. The number of likely N-dealkylation sites (tertiary alicyclic amines) is 1. The molecule has 1 aliphatic heterocycles. The first kappa shape index (κ1) is 18.3. The van der Waals surface area contributed by atoms with Crippen LogP contribution < -0.4 is 10.1 Å². The number of guanidine groups is 1. The number of hydrogen-bond donors (Lipinski definition) is 1. The van der Waals surface area contributed by atoms with Crippen LogP contribution in [0.4, 0.5) is 0 Å². The molecule has 5 nitrogen and oxygen atoms in total. The number of hydrogen-bond acceptors (Lipinski definition) is 3. The monoisotopic (exact) mass is 364 g/mol. The van der Waals surface area contributed by atoms with E-state index >= 15 is 0 Å². The Labute approximate surface area is 156 Å². The third-order valence-electron chi connectivity index (χ3n) is 5.01. The average Bonchev–Trinajstić information content (AvgIpc) is 3.36. The van der Waals surface area contributed by atoms with Crippen molar-refractivity contribution in [1.29, 1.82) is 0 Å². The molecule has 3 rings (SSSR count). The number of ether oxygens (including phenoxy) is 1. The molecule has 1 saturated carbocycles. The fraction of sp³-hybridized carbons (Fsp3) is 0.632. The summed E-state index contributed by atoms with van der Waals surface area (Å²) in [6, 6.07) is 8.35. The summed E-state index contributed by atoms with van der Waals surface area (Å²) in [5.41, 5.74) is 0. The molecule has 25 heavy (non-hydrogen) atoms. The van der Waals surface area contributed by atoms with Gasteiger partial charge in [0.1, 0.15) is 12.4 Å². The number of aliphatic imine (C=N–C) groups is 1. The van der Waals surface area contributed by atoms with Crippen LogP contribution in [0.25, 0.3) is 0 Å². The molecule has 1 aliphatic carbocycles. The largest absolute Gasteiger partial charge is 0.492 e. The van der Waals surface area contributed by atoms with Gasteiger partial charge in [-0.2, -0.15) is 0 Å². The lowest BCUT2D eigenvalue weighted by Crippen LogP contribution is -2.43. The van der Waals surface area contributed by atoms with Gasteiger partial charge in [0.05, 0.1) is 6.54 Å². The summed E-state index contributed by atoms with van der Waals surface area (Å²) in [7, 11) is 3.88. The Balaban J connectivity index is 1.36. The van der Waals surface area contributed by atoms with Gasteiger partial charge in [0.2, 0.25) is 0 Å². The van der Waals surface area contributed by atoms with Crippen molar-refractivity contribution in [2.24, 2.45) is 10.9 Å². The predicted molar refractivity (Wildman–Crippen MR) is 104 cm³/mol. The summed E-state index contributed by atoms with van der Waals surface area (Å²) in [4.78, 5) is 9.16. The Morgan fingerprint density at radius 3 is 2.76 bits per heavy atom. The van der Waals surface area contributed by atoms with Crippen LogP contribution in [-0.4, -0.2) is 68.7 Å². The fourth-order valence-corrected chi connectivity index (χ4v) is 3.48. The summed E-state index contributed by atoms with van der Waals surface area (Å²) < 4.78 is 5.76. The van der Waals surface area contributed by atoms with Gasteiger partial charge in [0, 0.05) is 38.2 Å². The van der Waals surface area contributed by atoms with E-state index in [1.807, 2.05) is 38.4 Å². The predicted octanol–water partition coefficient (Wildman–Crippen LogP) is 2.71. The zero-order chi connectivity index (χ0) is 17.6. The van der Waals surface area contributed by atoms with Gasteiger partial charge in [-0.1, -0.05) is 11.6 Å². The minimum Gasteiger partial charge on any atom is -0.492 e. The van der Waals surface area contributed by atoms with Crippen LogP contribution in [0.3, 0.4) is 0 Å². The molecule has 0 amide bonds. The van der Waals surface area contributed by atoms with Crippen molar-refractivity contribution in [3.05, 3.63) is 29.3 Å². The molecule has 1 unspecified atom stereocenters. The molecule has 0 aromatic heterocycles. The van der Waals surface area contributed by atoms with Gasteiger partial charge in [-0.25, -0.2) is 0 Å². The molecular formula is C19H29ClN4O. The maximum absolute atomic E-state index is 5.88.